The first-order chi connectivity index (χ1) is 25.5. The molecule has 4 nitrogen and oxygen atoms in total. The molecule has 0 bridgehead atoms. The van der Waals surface area contributed by atoms with Gasteiger partial charge in [-0.2, -0.15) is 0 Å². The van der Waals surface area contributed by atoms with Gasteiger partial charge >= 0.3 is 0 Å². The third kappa shape index (κ3) is 8.06. The maximum Gasteiger partial charge on any atom is 0.148 e. The molecule has 8 aromatic rings. The smallest absolute Gasteiger partial charge is 0.148 e. The number of fused-ring (bicyclic) bond motifs is 5. The summed E-state index contributed by atoms with van der Waals surface area (Å²) < 4.78 is 26.0. The van der Waals surface area contributed by atoms with Gasteiger partial charge in [0.05, 0.1) is 15.3 Å². The Balaban J connectivity index is 0.000000310. The number of nitrogens with zero attached hydrogens (tertiary/aromatic N) is 3. The van der Waals surface area contributed by atoms with Gasteiger partial charge < -0.3 is 14.4 Å². The number of pyridine rings is 2. The number of aryl methyl sites for hydroxylation is 3. The largest absolute Gasteiger partial charge is 0.498 e. The number of aromatic nitrogens is 3. The Morgan fingerprint density at radius 3 is 2.15 bits per heavy atom. The van der Waals surface area contributed by atoms with Gasteiger partial charge in [-0.25, -0.2) is 4.98 Å². The molecule has 8 rings (SSSR count). The zero-order valence-electron chi connectivity index (χ0n) is 33.7. The Bertz CT molecular complexity index is 2610. The Kier molecular flexibility index (Phi) is 10.1. The van der Waals surface area contributed by atoms with E-state index >= 15 is 0 Å². The van der Waals surface area contributed by atoms with Gasteiger partial charge in [0.25, 0.3) is 0 Å². The summed E-state index contributed by atoms with van der Waals surface area (Å²) in [6.45, 7) is 18.5. The van der Waals surface area contributed by atoms with Gasteiger partial charge in [-0.15, -0.1) is 65.4 Å². The van der Waals surface area contributed by atoms with E-state index < -0.39 is 11.8 Å². The molecule has 4 aromatic carbocycles. The van der Waals surface area contributed by atoms with Crippen molar-refractivity contribution in [2.24, 2.45) is 5.41 Å². The molecule has 4 aromatic heterocycles. The third-order valence-electron chi connectivity index (χ3n) is 8.92. The van der Waals surface area contributed by atoms with Crippen LogP contribution in [-0.4, -0.2) is 15.0 Å². The van der Waals surface area contributed by atoms with E-state index in [0.717, 1.165) is 70.7 Å². The van der Waals surface area contributed by atoms with Crippen LogP contribution in [0.3, 0.4) is 0 Å². The minimum Gasteiger partial charge on any atom is -0.498 e. The van der Waals surface area contributed by atoms with Crippen molar-refractivity contribution in [1.29, 1.82) is 0 Å². The standard InChI is InChI=1S/C35H35N2OS.C12H10N.Ir/c1-20-11-9-12-21(2)29(20)26-17-27(36-19-22(26)18-34(3,4)5)25-14-10-13-23-24-15-16-28-30(32(24)38-31(23)25)37-33(39-28)35(6,7)8;1-10-7-8-12(13-9-10)11-5-3-2-4-6-11;/h9-13,15-17,19H,18H2,1-8H3;2-5,7-9H,1H3;/q2*-1;/i18D2;;. The topological polar surface area (TPSA) is 51.8 Å². The molecular formula is C47H45IrN3OS-2. The monoisotopic (exact) mass is 894 g/mol. The van der Waals surface area contributed by atoms with E-state index in [9.17, 15) is 0 Å². The van der Waals surface area contributed by atoms with E-state index in [-0.39, 0.29) is 25.5 Å². The van der Waals surface area contributed by atoms with E-state index in [2.05, 4.69) is 82.1 Å². The number of hydrogen-bond donors (Lipinski definition) is 0. The second kappa shape index (κ2) is 15.1. The molecule has 6 heteroatoms. The third-order valence-corrected chi connectivity index (χ3v) is 10.4. The molecule has 0 unspecified atom stereocenters. The number of hydrogen-bond acceptors (Lipinski definition) is 5. The maximum absolute atomic E-state index is 9.15. The summed E-state index contributed by atoms with van der Waals surface area (Å²) in [5.41, 5.74) is 11.0. The predicted molar refractivity (Wildman–Crippen MR) is 219 cm³/mol. The van der Waals surface area contributed by atoms with Crippen LogP contribution in [0.15, 0.2) is 102 Å². The maximum atomic E-state index is 9.15. The zero-order valence-corrected chi connectivity index (χ0v) is 34.9. The van der Waals surface area contributed by atoms with Crippen molar-refractivity contribution in [3.63, 3.8) is 0 Å². The molecular weight excluding hydrogens is 847 g/mol. The Morgan fingerprint density at radius 2 is 1.49 bits per heavy atom. The first-order valence-electron chi connectivity index (χ1n) is 18.7. The number of rotatable bonds is 4. The van der Waals surface area contributed by atoms with Gasteiger partial charge in [-0.1, -0.05) is 95.0 Å². The molecule has 0 saturated carbocycles. The first kappa shape index (κ1) is 35.5. The van der Waals surface area contributed by atoms with E-state index in [0.29, 0.717) is 16.8 Å². The molecule has 0 aliphatic heterocycles. The fourth-order valence-corrected chi connectivity index (χ4v) is 7.44. The van der Waals surface area contributed by atoms with E-state index in [4.69, 9.17) is 17.1 Å². The zero-order chi connectivity index (χ0) is 38.6. The van der Waals surface area contributed by atoms with Crippen molar-refractivity contribution < 1.29 is 27.3 Å². The molecule has 53 heavy (non-hydrogen) atoms. The van der Waals surface area contributed by atoms with Crippen molar-refractivity contribution >= 4 is 43.5 Å². The average molecular weight is 894 g/mol. The Labute approximate surface area is 333 Å². The van der Waals surface area contributed by atoms with Gasteiger partial charge in [-0.3, -0.25) is 0 Å². The fraction of sp³-hybridized carbons (Fsp3) is 0.255. The van der Waals surface area contributed by atoms with Gasteiger partial charge in [0, 0.05) is 46.0 Å². The minimum atomic E-state index is -1.61. The van der Waals surface area contributed by atoms with Crippen molar-refractivity contribution in [2.45, 2.75) is 74.1 Å². The van der Waals surface area contributed by atoms with Gasteiger partial charge in [0.15, 0.2) is 0 Å². The van der Waals surface area contributed by atoms with Crippen LogP contribution in [0.25, 0.3) is 65.8 Å². The average Bonchev–Trinajstić information content (AvgIpc) is 3.75. The van der Waals surface area contributed by atoms with Crippen molar-refractivity contribution in [1.82, 2.24) is 15.0 Å². The molecule has 0 spiro atoms. The quantitative estimate of drug-likeness (QED) is 0.165. The van der Waals surface area contributed by atoms with Crippen LogP contribution in [0.5, 0.6) is 0 Å². The summed E-state index contributed by atoms with van der Waals surface area (Å²) in [6, 6.07) is 34.9. The first-order valence-corrected chi connectivity index (χ1v) is 18.5. The molecule has 0 atom stereocenters. The number of benzene rings is 4. The van der Waals surface area contributed by atoms with Crippen LogP contribution >= 0.6 is 11.3 Å². The normalized spacial score (nSPS) is 12.6. The summed E-state index contributed by atoms with van der Waals surface area (Å²) in [5.74, 6) is 0. The molecule has 4 heterocycles. The molecule has 0 saturated heterocycles. The Morgan fingerprint density at radius 1 is 0.755 bits per heavy atom. The summed E-state index contributed by atoms with van der Waals surface area (Å²) in [4.78, 5) is 14.2. The summed E-state index contributed by atoms with van der Waals surface area (Å²) in [7, 11) is 0. The van der Waals surface area contributed by atoms with Gasteiger partial charge in [0.2, 0.25) is 0 Å². The fourth-order valence-electron chi connectivity index (χ4n) is 6.42. The Hall–Kier alpha value is -4.48. The molecule has 0 N–H and O–H groups in total. The minimum absolute atomic E-state index is 0. The number of thiazole rings is 1. The van der Waals surface area contributed by atoms with Crippen LogP contribution in [0.4, 0.5) is 0 Å². The van der Waals surface area contributed by atoms with Crippen LogP contribution < -0.4 is 0 Å². The predicted octanol–water partition coefficient (Wildman–Crippen LogP) is 13.1. The molecule has 0 aliphatic carbocycles. The van der Waals surface area contributed by atoms with Crippen LogP contribution in [0.1, 0.15) is 71.5 Å². The number of furan rings is 1. The molecule has 1 radical (unpaired) electrons. The van der Waals surface area contributed by atoms with E-state index in [1.807, 2.05) is 88.5 Å². The van der Waals surface area contributed by atoms with Crippen molar-refractivity contribution in [3.8, 4) is 33.6 Å². The summed E-state index contributed by atoms with van der Waals surface area (Å²) >= 11 is 1.71. The second-order valence-corrected chi connectivity index (χ2v) is 16.5. The summed E-state index contributed by atoms with van der Waals surface area (Å²) in [6.07, 6.45) is 1.97. The molecule has 0 amide bonds. The van der Waals surface area contributed by atoms with Crippen LogP contribution in [0, 0.1) is 38.3 Å². The SMILES string of the molecule is Cc1ccc(-c2[c-]cccc2)nc1.[2H]C([2H])(c1cnc(-c2[c-]ccc3c2oc2c3ccc3sc(C(C)(C)C)nc32)cc1-c1c(C)cccc1C)C(C)(C)C.[Ir]. The molecule has 271 valence electrons. The van der Waals surface area contributed by atoms with Gasteiger partial charge in [-0.05, 0) is 83.4 Å². The van der Waals surface area contributed by atoms with Crippen molar-refractivity contribution in [3.05, 3.63) is 137 Å². The molecule has 0 fully saturated rings. The van der Waals surface area contributed by atoms with Crippen molar-refractivity contribution in [2.75, 3.05) is 0 Å². The van der Waals surface area contributed by atoms with E-state index in [1.54, 1.807) is 17.5 Å². The van der Waals surface area contributed by atoms with Crippen LogP contribution in [-0.2, 0) is 31.9 Å². The summed E-state index contributed by atoms with van der Waals surface area (Å²) in [5, 5.41) is 3.09. The van der Waals surface area contributed by atoms with E-state index in [1.165, 1.54) is 5.56 Å². The van der Waals surface area contributed by atoms with Crippen LogP contribution in [0.2, 0.25) is 0 Å². The van der Waals surface area contributed by atoms with Gasteiger partial charge in [0.1, 0.15) is 11.1 Å². The second-order valence-electron chi connectivity index (χ2n) is 15.5. The molecule has 0 aliphatic rings.